The van der Waals surface area contributed by atoms with Gasteiger partial charge in [0.15, 0.2) is 0 Å². The molecule has 2 heteroatoms. The molecule has 0 saturated heterocycles. The van der Waals surface area contributed by atoms with Crippen molar-refractivity contribution in [2.75, 3.05) is 19.6 Å². The summed E-state index contributed by atoms with van der Waals surface area (Å²) in [5.74, 6) is 1.71. The summed E-state index contributed by atoms with van der Waals surface area (Å²) < 4.78 is 0. The Hall–Kier alpha value is -0.0800. The number of hydrogen-bond donors (Lipinski definition) is 1. The first-order valence-electron chi connectivity index (χ1n) is 7.35. The van der Waals surface area contributed by atoms with Gasteiger partial charge in [0.25, 0.3) is 0 Å². The maximum Gasteiger partial charge on any atom is 0.0123 e. The highest BCUT2D eigenvalue weighted by Crippen LogP contribution is 2.33. The normalized spacial score (nSPS) is 30.9. The van der Waals surface area contributed by atoms with E-state index in [-0.39, 0.29) is 5.41 Å². The molecular weight excluding hydrogens is 208 g/mol. The van der Waals surface area contributed by atoms with Crippen LogP contribution in [0.3, 0.4) is 0 Å². The van der Waals surface area contributed by atoms with Crippen molar-refractivity contribution in [1.29, 1.82) is 0 Å². The Bertz CT molecular complexity index is 225. The lowest BCUT2D eigenvalue weighted by Gasteiger charge is -2.44. The van der Waals surface area contributed by atoms with E-state index in [1.807, 2.05) is 0 Å². The topological polar surface area (TPSA) is 29.3 Å². The van der Waals surface area contributed by atoms with E-state index in [0.29, 0.717) is 0 Å². The van der Waals surface area contributed by atoms with Crippen LogP contribution in [-0.2, 0) is 0 Å². The van der Waals surface area contributed by atoms with Crippen molar-refractivity contribution in [3.8, 4) is 0 Å². The Kier molecular flexibility index (Phi) is 5.46. The molecule has 0 aliphatic heterocycles. The molecule has 3 atom stereocenters. The average molecular weight is 240 g/mol. The first kappa shape index (κ1) is 15.0. The average Bonchev–Trinajstić information content (AvgIpc) is 2.30. The Labute approximate surface area is 108 Å². The highest BCUT2D eigenvalue weighted by Gasteiger charge is 2.32. The number of hydrogen-bond acceptors (Lipinski definition) is 2. The van der Waals surface area contributed by atoms with E-state index in [4.69, 9.17) is 5.73 Å². The van der Waals surface area contributed by atoms with Crippen LogP contribution in [0.25, 0.3) is 0 Å². The van der Waals surface area contributed by atoms with Gasteiger partial charge in [0.1, 0.15) is 0 Å². The van der Waals surface area contributed by atoms with Crippen molar-refractivity contribution in [2.24, 2.45) is 23.0 Å². The molecule has 0 radical (unpaired) electrons. The van der Waals surface area contributed by atoms with Gasteiger partial charge in [-0.3, -0.25) is 4.90 Å². The van der Waals surface area contributed by atoms with Gasteiger partial charge in [-0.15, -0.1) is 0 Å². The molecule has 102 valence electrons. The maximum absolute atomic E-state index is 5.87. The first-order valence-corrected chi connectivity index (χ1v) is 7.35. The van der Waals surface area contributed by atoms with Gasteiger partial charge in [0, 0.05) is 12.6 Å². The predicted octanol–water partition coefficient (Wildman–Crippen LogP) is 3.12. The minimum Gasteiger partial charge on any atom is -0.330 e. The van der Waals surface area contributed by atoms with Crippen LogP contribution in [0.2, 0.25) is 0 Å². The fraction of sp³-hybridized carbons (Fsp3) is 1.00. The molecule has 3 unspecified atom stereocenters. The molecule has 1 fully saturated rings. The molecule has 2 N–H and O–H groups in total. The predicted molar refractivity (Wildman–Crippen MR) is 76.0 cm³/mol. The van der Waals surface area contributed by atoms with Crippen LogP contribution in [0, 0.1) is 17.3 Å². The van der Waals surface area contributed by atoms with Crippen molar-refractivity contribution < 1.29 is 0 Å². The van der Waals surface area contributed by atoms with Gasteiger partial charge in [-0.1, -0.05) is 47.5 Å². The van der Waals surface area contributed by atoms with Gasteiger partial charge in [0.2, 0.25) is 0 Å². The summed E-state index contributed by atoms with van der Waals surface area (Å²) in [6, 6.07) is 0.773. The van der Waals surface area contributed by atoms with Crippen LogP contribution in [0.4, 0.5) is 0 Å². The Morgan fingerprint density at radius 1 is 1.24 bits per heavy atom. The zero-order chi connectivity index (χ0) is 13.1. The minimum atomic E-state index is 0.246. The summed E-state index contributed by atoms with van der Waals surface area (Å²) in [4.78, 5) is 2.67. The van der Waals surface area contributed by atoms with Crippen molar-refractivity contribution in [1.82, 2.24) is 4.90 Å². The highest BCUT2D eigenvalue weighted by molar-refractivity contribution is 4.86. The lowest BCUT2D eigenvalue weighted by atomic mass is 9.76. The zero-order valence-corrected chi connectivity index (χ0v) is 12.5. The van der Waals surface area contributed by atoms with Crippen LogP contribution in [-0.4, -0.2) is 30.6 Å². The number of nitrogens with two attached hydrogens (primary N) is 1. The van der Waals surface area contributed by atoms with Gasteiger partial charge in [0.05, 0.1) is 0 Å². The fourth-order valence-electron chi connectivity index (χ4n) is 3.15. The van der Waals surface area contributed by atoms with E-state index in [2.05, 4.69) is 39.5 Å². The fourth-order valence-corrected chi connectivity index (χ4v) is 3.15. The zero-order valence-electron chi connectivity index (χ0n) is 12.5. The lowest BCUT2D eigenvalue weighted by Crippen LogP contribution is -2.49. The van der Waals surface area contributed by atoms with Crippen LogP contribution in [0.1, 0.15) is 53.9 Å². The molecule has 0 amide bonds. The van der Waals surface area contributed by atoms with E-state index in [1.165, 1.54) is 19.3 Å². The second-order valence-electron chi connectivity index (χ2n) is 6.77. The van der Waals surface area contributed by atoms with Crippen molar-refractivity contribution >= 4 is 0 Å². The molecule has 0 heterocycles. The molecule has 1 aliphatic carbocycles. The minimum absolute atomic E-state index is 0.246. The molecule has 17 heavy (non-hydrogen) atoms. The summed E-state index contributed by atoms with van der Waals surface area (Å²) in [7, 11) is 0. The van der Waals surface area contributed by atoms with E-state index in [1.54, 1.807) is 0 Å². The molecule has 0 aromatic heterocycles. The number of nitrogens with zero attached hydrogens (tertiary/aromatic N) is 1. The summed E-state index contributed by atoms with van der Waals surface area (Å²) >= 11 is 0. The van der Waals surface area contributed by atoms with Crippen LogP contribution >= 0.6 is 0 Å². The third-order valence-corrected chi connectivity index (χ3v) is 4.72. The SMILES string of the molecule is CCN(CC(C)(C)CN)C1CCCC(C)C1C. The Balaban J connectivity index is 2.66. The molecule has 0 spiro atoms. The smallest absolute Gasteiger partial charge is 0.0123 e. The van der Waals surface area contributed by atoms with Gasteiger partial charge >= 0.3 is 0 Å². The van der Waals surface area contributed by atoms with Crippen molar-refractivity contribution in [2.45, 2.75) is 59.9 Å². The molecule has 0 aromatic carbocycles. The highest BCUT2D eigenvalue weighted by atomic mass is 15.2. The third kappa shape index (κ3) is 3.96. The quantitative estimate of drug-likeness (QED) is 0.800. The van der Waals surface area contributed by atoms with Gasteiger partial charge in [-0.2, -0.15) is 0 Å². The van der Waals surface area contributed by atoms with Crippen LogP contribution in [0.5, 0.6) is 0 Å². The number of rotatable bonds is 5. The van der Waals surface area contributed by atoms with Crippen LogP contribution in [0.15, 0.2) is 0 Å². The van der Waals surface area contributed by atoms with E-state index >= 15 is 0 Å². The van der Waals surface area contributed by atoms with Gasteiger partial charge in [-0.05, 0) is 36.8 Å². The third-order valence-electron chi connectivity index (χ3n) is 4.72. The Morgan fingerprint density at radius 3 is 2.41 bits per heavy atom. The monoisotopic (exact) mass is 240 g/mol. The molecule has 0 aromatic rings. The summed E-state index contributed by atoms with van der Waals surface area (Å²) in [5.41, 5.74) is 6.12. The van der Waals surface area contributed by atoms with E-state index in [9.17, 15) is 0 Å². The molecule has 0 bridgehead atoms. The molecule has 1 rings (SSSR count). The van der Waals surface area contributed by atoms with E-state index in [0.717, 1.165) is 37.5 Å². The second kappa shape index (κ2) is 6.19. The van der Waals surface area contributed by atoms with Crippen molar-refractivity contribution in [3.05, 3.63) is 0 Å². The van der Waals surface area contributed by atoms with Gasteiger partial charge < -0.3 is 5.73 Å². The molecule has 1 saturated carbocycles. The lowest BCUT2D eigenvalue weighted by molar-refractivity contribution is 0.0569. The molecular formula is C15H32N2. The summed E-state index contributed by atoms with van der Waals surface area (Å²) in [6.07, 6.45) is 4.19. The first-order chi connectivity index (χ1) is 7.91. The largest absolute Gasteiger partial charge is 0.330 e. The molecule has 2 nitrogen and oxygen atoms in total. The molecule has 1 aliphatic rings. The second-order valence-corrected chi connectivity index (χ2v) is 6.77. The van der Waals surface area contributed by atoms with Crippen molar-refractivity contribution in [3.63, 3.8) is 0 Å². The summed E-state index contributed by atoms with van der Waals surface area (Å²) in [6.45, 7) is 14.8. The maximum atomic E-state index is 5.87. The Morgan fingerprint density at radius 2 is 1.88 bits per heavy atom. The van der Waals surface area contributed by atoms with E-state index < -0.39 is 0 Å². The van der Waals surface area contributed by atoms with Crippen LogP contribution < -0.4 is 5.73 Å². The standard InChI is InChI=1S/C15H32N2/c1-6-17(11-15(4,5)10-16)14-9-7-8-12(2)13(14)3/h12-14H,6-11,16H2,1-5H3. The van der Waals surface area contributed by atoms with Gasteiger partial charge in [-0.25, -0.2) is 0 Å². The summed E-state index contributed by atoms with van der Waals surface area (Å²) in [5, 5.41) is 0.